The van der Waals surface area contributed by atoms with Gasteiger partial charge in [0.15, 0.2) is 5.78 Å². The van der Waals surface area contributed by atoms with Gasteiger partial charge in [-0.25, -0.2) is 4.79 Å². The fourth-order valence-corrected chi connectivity index (χ4v) is 3.18. The van der Waals surface area contributed by atoms with Crippen molar-refractivity contribution in [3.05, 3.63) is 138 Å². The zero-order valence-corrected chi connectivity index (χ0v) is 19.2. The molecule has 0 atom stereocenters. The van der Waals surface area contributed by atoms with Crippen LogP contribution in [0.2, 0.25) is 0 Å². The molecule has 0 fully saturated rings. The number of carboxylic acids is 1. The quantitative estimate of drug-likeness (QED) is 0.196. The molecule has 0 saturated carbocycles. The number of para-hydroxylation sites is 1. The van der Waals surface area contributed by atoms with Crippen molar-refractivity contribution in [2.75, 3.05) is 5.32 Å². The summed E-state index contributed by atoms with van der Waals surface area (Å²) in [7, 11) is 0. The number of thiocarbonyl (C=S) groups is 1. The molecule has 4 aromatic carbocycles. The first kappa shape index (κ1) is 25.7. The van der Waals surface area contributed by atoms with E-state index in [0.717, 1.165) is 16.2 Å². The summed E-state index contributed by atoms with van der Waals surface area (Å²) in [5.41, 5.74) is 2.79. The van der Waals surface area contributed by atoms with Crippen LogP contribution in [-0.4, -0.2) is 21.8 Å². The van der Waals surface area contributed by atoms with E-state index in [4.69, 9.17) is 17.3 Å². The van der Waals surface area contributed by atoms with Gasteiger partial charge in [-0.05, 0) is 18.2 Å². The average molecular weight is 503 g/mol. The van der Waals surface area contributed by atoms with E-state index in [1.165, 1.54) is 12.1 Å². The Balaban J connectivity index is 0.000000228. The van der Waals surface area contributed by atoms with E-state index in [0.29, 0.717) is 5.56 Å². The van der Waals surface area contributed by atoms with Crippen molar-refractivity contribution >= 4 is 34.6 Å². The van der Waals surface area contributed by atoms with Crippen LogP contribution in [0.25, 0.3) is 0 Å². The summed E-state index contributed by atoms with van der Waals surface area (Å²) in [5.74, 6) is -1.37. The Morgan fingerprint density at radius 3 is 1.55 bits per heavy atom. The number of ketones is 1. The summed E-state index contributed by atoms with van der Waals surface area (Å²) >= 11 is 5.29. The molecule has 0 saturated heterocycles. The molecule has 33 heavy (non-hydrogen) atoms. The minimum absolute atomic E-state index is 0. The first-order valence-electron chi connectivity index (χ1n) is 9.90. The largest absolute Gasteiger partial charge is 0.478 e. The van der Waals surface area contributed by atoms with Gasteiger partial charge in [-0.2, -0.15) is 0 Å². The fraction of sp³-hybridized carbons (Fsp3) is 0. The van der Waals surface area contributed by atoms with E-state index in [2.05, 4.69) is 5.32 Å². The molecule has 169 valence electrons. The Labute approximate surface area is 208 Å². The zero-order valence-electron chi connectivity index (χ0n) is 17.4. The Kier molecular flexibility index (Phi) is 10.2. The van der Waals surface area contributed by atoms with Crippen LogP contribution < -0.4 is 5.32 Å². The third kappa shape index (κ3) is 7.51. The van der Waals surface area contributed by atoms with Crippen molar-refractivity contribution in [3.63, 3.8) is 0 Å². The molecule has 4 nitrogen and oxygen atoms in total. The van der Waals surface area contributed by atoms with Crippen LogP contribution in [0.4, 0.5) is 5.69 Å². The van der Waals surface area contributed by atoms with Crippen LogP contribution in [0.15, 0.2) is 115 Å². The Bertz CT molecular complexity index is 1200. The van der Waals surface area contributed by atoms with Crippen molar-refractivity contribution < 1.29 is 31.8 Å². The molecule has 1 radical (unpaired) electrons. The summed E-state index contributed by atoms with van der Waals surface area (Å²) in [6.45, 7) is 0. The van der Waals surface area contributed by atoms with Crippen LogP contribution in [0.1, 0.15) is 31.8 Å². The van der Waals surface area contributed by atoms with Gasteiger partial charge in [0.1, 0.15) is 4.99 Å². The normalized spacial score (nSPS) is 9.45. The van der Waals surface area contributed by atoms with Crippen LogP contribution in [0.3, 0.4) is 0 Å². The zero-order chi connectivity index (χ0) is 22.8. The average Bonchev–Trinajstić information content (AvgIpc) is 2.85. The second kappa shape index (κ2) is 13.1. The van der Waals surface area contributed by atoms with Gasteiger partial charge < -0.3 is 10.4 Å². The molecule has 4 aromatic rings. The number of hydrogen-bond acceptors (Lipinski definition) is 3. The number of anilines is 1. The van der Waals surface area contributed by atoms with Gasteiger partial charge in [0.25, 0.3) is 0 Å². The molecule has 2 N–H and O–H groups in total. The topological polar surface area (TPSA) is 66.4 Å². The molecule has 0 amide bonds. The molecule has 4 rings (SSSR count). The van der Waals surface area contributed by atoms with Crippen LogP contribution in [0, 0.1) is 0 Å². The van der Waals surface area contributed by atoms with E-state index in [1.54, 1.807) is 42.5 Å². The number of carbonyl (C=O) groups is 2. The maximum atomic E-state index is 12.1. The monoisotopic (exact) mass is 502 g/mol. The molecule has 0 spiro atoms. The number of carbonyl (C=O) groups excluding carboxylic acids is 1. The van der Waals surface area contributed by atoms with Gasteiger partial charge in [0.2, 0.25) is 0 Å². The standard InChI is InChI=1S/C14H10O3.C13H11NS.Cu/c15-13(10-6-2-1-3-7-10)11-8-4-5-9-12(11)14(16)17;15-13(11-7-3-1-4-8-11)14-12-9-5-2-6-10-12;/h1-9H,(H,16,17);1-10H,(H,14,15);. The molecule has 0 unspecified atom stereocenters. The first-order valence-corrected chi connectivity index (χ1v) is 10.3. The summed E-state index contributed by atoms with van der Waals surface area (Å²) in [6.07, 6.45) is 0. The van der Waals surface area contributed by atoms with E-state index in [-0.39, 0.29) is 34.0 Å². The smallest absolute Gasteiger partial charge is 0.336 e. The number of carboxylic acid groups (broad SMARTS) is 1. The second-order valence-corrected chi connectivity index (χ2v) is 7.14. The van der Waals surface area contributed by atoms with Gasteiger partial charge in [-0.1, -0.05) is 109 Å². The third-order valence-electron chi connectivity index (χ3n) is 4.51. The summed E-state index contributed by atoms with van der Waals surface area (Å²) < 4.78 is 0. The fourth-order valence-electron chi connectivity index (χ4n) is 2.93. The molecule has 0 aliphatic heterocycles. The summed E-state index contributed by atoms with van der Waals surface area (Å²) in [5, 5.41) is 12.2. The molecule has 0 aliphatic rings. The SMILES string of the molecule is O=C(O)c1ccccc1C(=O)c1ccccc1.S=C(Nc1ccccc1)c1ccccc1.[Cu]. The minimum Gasteiger partial charge on any atom is -0.478 e. The van der Waals surface area contributed by atoms with E-state index in [1.807, 2.05) is 60.7 Å². The summed E-state index contributed by atoms with van der Waals surface area (Å²) in [4.78, 5) is 23.9. The molecule has 0 aromatic heterocycles. The van der Waals surface area contributed by atoms with Gasteiger partial charge in [0, 0.05) is 39.4 Å². The number of nitrogens with one attached hydrogen (secondary N) is 1. The molecular weight excluding hydrogens is 482 g/mol. The maximum Gasteiger partial charge on any atom is 0.336 e. The molecule has 0 aliphatic carbocycles. The second-order valence-electron chi connectivity index (χ2n) is 6.73. The maximum absolute atomic E-state index is 12.1. The Morgan fingerprint density at radius 2 is 1.03 bits per heavy atom. The van der Waals surface area contributed by atoms with E-state index >= 15 is 0 Å². The number of benzene rings is 4. The Hall–Kier alpha value is -3.57. The number of rotatable bonds is 5. The Morgan fingerprint density at radius 1 is 0.606 bits per heavy atom. The van der Waals surface area contributed by atoms with E-state index in [9.17, 15) is 9.59 Å². The van der Waals surface area contributed by atoms with Gasteiger partial charge in [0.05, 0.1) is 5.56 Å². The molecular formula is C27H21CuNO3S. The van der Waals surface area contributed by atoms with E-state index < -0.39 is 5.97 Å². The third-order valence-corrected chi connectivity index (χ3v) is 4.84. The van der Waals surface area contributed by atoms with Crippen molar-refractivity contribution in [2.24, 2.45) is 0 Å². The predicted molar refractivity (Wildman–Crippen MR) is 131 cm³/mol. The van der Waals surface area contributed by atoms with Crippen molar-refractivity contribution in [1.29, 1.82) is 0 Å². The first-order chi connectivity index (χ1) is 15.6. The van der Waals surface area contributed by atoms with Crippen LogP contribution in [-0.2, 0) is 17.1 Å². The van der Waals surface area contributed by atoms with Crippen LogP contribution in [0.5, 0.6) is 0 Å². The van der Waals surface area contributed by atoms with Gasteiger partial charge in [-0.15, -0.1) is 0 Å². The van der Waals surface area contributed by atoms with Crippen molar-refractivity contribution in [2.45, 2.75) is 0 Å². The molecule has 0 heterocycles. The van der Waals surface area contributed by atoms with Gasteiger partial charge >= 0.3 is 5.97 Å². The predicted octanol–water partition coefficient (Wildman–Crippen LogP) is 6.09. The molecule has 0 bridgehead atoms. The minimum atomic E-state index is -1.09. The number of hydrogen-bond donors (Lipinski definition) is 2. The van der Waals surface area contributed by atoms with Crippen molar-refractivity contribution in [1.82, 2.24) is 0 Å². The summed E-state index contributed by atoms with van der Waals surface area (Å²) in [6, 6.07) is 34.7. The molecule has 6 heteroatoms. The van der Waals surface area contributed by atoms with Crippen LogP contribution >= 0.6 is 12.2 Å². The van der Waals surface area contributed by atoms with Crippen molar-refractivity contribution in [3.8, 4) is 0 Å². The number of aromatic carboxylic acids is 1. The van der Waals surface area contributed by atoms with Gasteiger partial charge in [-0.3, -0.25) is 4.79 Å².